The van der Waals surface area contributed by atoms with Crippen LogP contribution in [0.5, 0.6) is 11.5 Å². The maximum absolute atomic E-state index is 12.0. The molecular formula is C18H15ClN2O5. The summed E-state index contributed by atoms with van der Waals surface area (Å²) < 4.78 is 15.2. The highest BCUT2D eigenvalue weighted by Gasteiger charge is 2.13. The van der Waals surface area contributed by atoms with E-state index in [1.54, 1.807) is 6.07 Å². The molecule has 0 aliphatic heterocycles. The molecule has 0 aliphatic carbocycles. The van der Waals surface area contributed by atoms with Gasteiger partial charge >= 0.3 is 5.97 Å². The lowest BCUT2D eigenvalue weighted by Crippen LogP contribution is -2.20. The Labute approximate surface area is 155 Å². The van der Waals surface area contributed by atoms with Crippen LogP contribution in [0.15, 0.2) is 36.4 Å². The number of amides is 1. The van der Waals surface area contributed by atoms with Crippen LogP contribution in [-0.4, -0.2) is 32.7 Å². The minimum atomic E-state index is -0.509. The van der Waals surface area contributed by atoms with Crippen LogP contribution >= 0.6 is 11.6 Å². The summed E-state index contributed by atoms with van der Waals surface area (Å²) in [5.41, 5.74) is 1.06. The SMILES string of the molecule is COC(=O)c1ccc(OCC(=O)Nc2ccc(C#N)c(Cl)c2)c(OC)c1. The first-order valence-electron chi connectivity index (χ1n) is 7.37. The van der Waals surface area contributed by atoms with Crippen LogP contribution in [0.25, 0.3) is 0 Å². The van der Waals surface area contributed by atoms with Crippen molar-refractivity contribution < 1.29 is 23.8 Å². The van der Waals surface area contributed by atoms with Gasteiger partial charge in [0.1, 0.15) is 6.07 Å². The summed E-state index contributed by atoms with van der Waals surface area (Å²) in [4.78, 5) is 23.5. The number of nitriles is 1. The van der Waals surface area contributed by atoms with Gasteiger partial charge in [0.2, 0.25) is 0 Å². The summed E-state index contributed by atoms with van der Waals surface area (Å²) in [6.07, 6.45) is 0. The number of methoxy groups -OCH3 is 2. The number of carbonyl (C=O) groups excluding carboxylic acids is 2. The van der Waals surface area contributed by atoms with Crippen molar-refractivity contribution in [2.75, 3.05) is 26.1 Å². The second-order valence-electron chi connectivity index (χ2n) is 5.00. The molecule has 0 saturated heterocycles. The molecule has 2 aromatic rings. The van der Waals surface area contributed by atoms with Crippen LogP contribution in [0.4, 0.5) is 5.69 Å². The number of hydrogen-bond donors (Lipinski definition) is 1. The molecule has 0 aromatic heterocycles. The zero-order valence-corrected chi connectivity index (χ0v) is 14.8. The molecule has 0 fully saturated rings. The molecule has 0 bridgehead atoms. The minimum absolute atomic E-state index is 0.242. The number of rotatable bonds is 6. The van der Waals surface area contributed by atoms with Crippen LogP contribution in [0.2, 0.25) is 5.02 Å². The fourth-order valence-electron chi connectivity index (χ4n) is 2.06. The number of hydrogen-bond acceptors (Lipinski definition) is 6. The Bertz CT molecular complexity index is 876. The molecule has 0 radical (unpaired) electrons. The molecule has 0 saturated carbocycles. The van der Waals surface area contributed by atoms with Gasteiger partial charge < -0.3 is 19.5 Å². The van der Waals surface area contributed by atoms with Crippen LogP contribution in [0.1, 0.15) is 15.9 Å². The van der Waals surface area contributed by atoms with E-state index >= 15 is 0 Å². The lowest BCUT2D eigenvalue weighted by atomic mass is 10.2. The van der Waals surface area contributed by atoms with E-state index in [-0.39, 0.29) is 11.6 Å². The molecule has 1 N–H and O–H groups in total. The van der Waals surface area contributed by atoms with E-state index in [0.717, 1.165) is 0 Å². The number of halogens is 1. The van der Waals surface area contributed by atoms with Crippen molar-refractivity contribution in [2.24, 2.45) is 0 Å². The molecule has 26 heavy (non-hydrogen) atoms. The van der Waals surface area contributed by atoms with Crippen LogP contribution in [-0.2, 0) is 9.53 Å². The fourth-order valence-corrected chi connectivity index (χ4v) is 2.28. The first-order valence-corrected chi connectivity index (χ1v) is 7.75. The van der Waals surface area contributed by atoms with Crippen molar-refractivity contribution in [3.63, 3.8) is 0 Å². The van der Waals surface area contributed by atoms with Crippen LogP contribution in [0, 0.1) is 11.3 Å². The second kappa shape index (κ2) is 8.74. The summed E-state index contributed by atoms with van der Waals surface area (Å²) in [5.74, 6) is -0.342. The molecule has 134 valence electrons. The Morgan fingerprint density at radius 2 is 1.92 bits per heavy atom. The van der Waals surface area contributed by atoms with Crippen molar-refractivity contribution in [3.05, 3.63) is 52.5 Å². The van der Waals surface area contributed by atoms with Crippen molar-refractivity contribution in [1.82, 2.24) is 0 Å². The Balaban J connectivity index is 2.02. The highest BCUT2D eigenvalue weighted by molar-refractivity contribution is 6.32. The maximum atomic E-state index is 12.0. The average Bonchev–Trinajstić information content (AvgIpc) is 2.65. The highest BCUT2D eigenvalue weighted by Crippen LogP contribution is 2.28. The monoisotopic (exact) mass is 374 g/mol. The third-order valence-corrected chi connectivity index (χ3v) is 3.63. The molecule has 1 amide bonds. The summed E-state index contributed by atoms with van der Waals surface area (Å²) in [6.45, 7) is -0.286. The Morgan fingerprint density at radius 1 is 1.15 bits per heavy atom. The van der Waals surface area contributed by atoms with Gasteiger partial charge in [-0.2, -0.15) is 5.26 Å². The van der Waals surface area contributed by atoms with Crippen LogP contribution in [0.3, 0.4) is 0 Å². The Morgan fingerprint density at radius 3 is 2.54 bits per heavy atom. The Kier molecular flexibility index (Phi) is 6.42. The van der Waals surface area contributed by atoms with Gasteiger partial charge in [-0.1, -0.05) is 11.6 Å². The number of nitrogens with one attached hydrogen (secondary N) is 1. The molecule has 2 rings (SSSR count). The molecular weight excluding hydrogens is 360 g/mol. The minimum Gasteiger partial charge on any atom is -0.493 e. The van der Waals surface area contributed by atoms with Crippen molar-refractivity contribution in [3.8, 4) is 17.6 Å². The normalized spacial score (nSPS) is 9.77. The number of esters is 1. The molecule has 7 nitrogen and oxygen atoms in total. The zero-order valence-electron chi connectivity index (χ0n) is 14.0. The fraction of sp³-hybridized carbons (Fsp3) is 0.167. The second-order valence-corrected chi connectivity index (χ2v) is 5.41. The molecule has 8 heteroatoms. The molecule has 0 unspecified atom stereocenters. The smallest absolute Gasteiger partial charge is 0.337 e. The average molecular weight is 375 g/mol. The number of anilines is 1. The van der Waals surface area contributed by atoms with E-state index in [1.165, 1.54) is 44.6 Å². The predicted molar refractivity (Wildman–Crippen MR) is 94.6 cm³/mol. The van der Waals surface area contributed by atoms with Gasteiger partial charge in [-0.15, -0.1) is 0 Å². The quantitative estimate of drug-likeness (QED) is 0.780. The topological polar surface area (TPSA) is 97.6 Å². The lowest BCUT2D eigenvalue weighted by molar-refractivity contribution is -0.118. The number of benzene rings is 2. The highest BCUT2D eigenvalue weighted by atomic mass is 35.5. The first kappa shape index (κ1) is 19.1. The van der Waals surface area contributed by atoms with Gasteiger partial charge in [0.25, 0.3) is 5.91 Å². The van der Waals surface area contributed by atoms with Crippen molar-refractivity contribution in [2.45, 2.75) is 0 Å². The van der Waals surface area contributed by atoms with Crippen LogP contribution < -0.4 is 14.8 Å². The molecule has 0 heterocycles. The number of nitrogens with zero attached hydrogens (tertiary/aromatic N) is 1. The van der Waals surface area contributed by atoms with Gasteiger partial charge in [-0.05, 0) is 36.4 Å². The van der Waals surface area contributed by atoms with E-state index in [4.69, 9.17) is 26.3 Å². The lowest BCUT2D eigenvalue weighted by Gasteiger charge is -2.12. The van der Waals surface area contributed by atoms with E-state index in [1.807, 2.05) is 6.07 Å². The number of carbonyl (C=O) groups is 2. The summed E-state index contributed by atoms with van der Waals surface area (Å²) in [5, 5.41) is 11.7. The standard InChI is InChI=1S/C18H15ClN2O5/c1-24-16-7-11(18(23)25-2)4-6-15(16)26-10-17(22)21-13-5-3-12(9-20)14(19)8-13/h3-8H,10H2,1-2H3,(H,21,22). The molecule has 2 aromatic carbocycles. The largest absolute Gasteiger partial charge is 0.493 e. The third-order valence-electron chi connectivity index (χ3n) is 3.32. The van der Waals surface area contributed by atoms with E-state index in [0.29, 0.717) is 28.3 Å². The van der Waals surface area contributed by atoms with E-state index in [2.05, 4.69) is 10.1 Å². The first-order chi connectivity index (χ1) is 12.5. The summed E-state index contributed by atoms with van der Waals surface area (Å²) in [7, 11) is 2.70. The van der Waals surface area contributed by atoms with Gasteiger partial charge in [-0.25, -0.2) is 4.79 Å². The predicted octanol–water partition coefficient (Wildman–Crippen LogP) is 3.02. The van der Waals surface area contributed by atoms with Gasteiger partial charge in [0.15, 0.2) is 18.1 Å². The van der Waals surface area contributed by atoms with E-state index < -0.39 is 11.9 Å². The van der Waals surface area contributed by atoms with Gasteiger partial charge in [0.05, 0.1) is 30.4 Å². The van der Waals surface area contributed by atoms with E-state index in [9.17, 15) is 9.59 Å². The third kappa shape index (κ3) is 4.65. The zero-order chi connectivity index (χ0) is 19.1. The summed E-state index contributed by atoms with van der Waals surface area (Å²) in [6, 6.07) is 11.0. The molecule has 0 aliphatic rings. The van der Waals surface area contributed by atoms with Gasteiger partial charge in [-0.3, -0.25) is 4.79 Å². The summed E-state index contributed by atoms with van der Waals surface area (Å²) >= 11 is 5.92. The molecule has 0 spiro atoms. The maximum Gasteiger partial charge on any atom is 0.337 e. The van der Waals surface area contributed by atoms with Crippen molar-refractivity contribution >= 4 is 29.2 Å². The van der Waals surface area contributed by atoms with Crippen molar-refractivity contribution in [1.29, 1.82) is 5.26 Å². The number of ether oxygens (including phenoxy) is 3. The molecule has 0 atom stereocenters. The Hall–Kier alpha value is -3.24. The van der Waals surface area contributed by atoms with Gasteiger partial charge in [0, 0.05) is 5.69 Å².